The highest BCUT2D eigenvalue weighted by molar-refractivity contribution is 8.00. The summed E-state index contributed by atoms with van der Waals surface area (Å²) in [6.45, 7) is 2.01. The maximum atomic E-state index is 13.1. The van der Waals surface area contributed by atoms with Gasteiger partial charge in [-0.1, -0.05) is 13.3 Å². The fraction of sp³-hybridized carbons (Fsp3) is 0.529. The molecule has 138 valence electrons. The molecule has 1 aliphatic heterocycles. The van der Waals surface area contributed by atoms with Gasteiger partial charge in [0.2, 0.25) is 5.75 Å². The van der Waals surface area contributed by atoms with Crippen LogP contribution in [0.25, 0.3) is 0 Å². The van der Waals surface area contributed by atoms with Gasteiger partial charge in [-0.15, -0.1) is 11.8 Å². The SMILES string of the molecule is CCC[C@H]1SC[C@@H](C(=O)O)N1C(=O)c1cc(OC)c(OC)c(OC)c1. The van der Waals surface area contributed by atoms with E-state index in [9.17, 15) is 14.7 Å². The van der Waals surface area contributed by atoms with Gasteiger partial charge in [-0.05, 0) is 18.6 Å². The van der Waals surface area contributed by atoms with Crippen molar-refractivity contribution in [2.45, 2.75) is 31.2 Å². The number of carbonyl (C=O) groups excluding carboxylic acids is 1. The second-order valence-electron chi connectivity index (χ2n) is 5.56. The van der Waals surface area contributed by atoms with Crippen LogP contribution < -0.4 is 14.2 Å². The van der Waals surface area contributed by atoms with Gasteiger partial charge >= 0.3 is 5.97 Å². The number of benzene rings is 1. The Morgan fingerprint density at radius 3 is 2.24 bits per heavy atom. The molecule has 1 amide bonds. The quantitative estimate of drug-likeness (QED) is 0.790. The predicted molar refractivity (Wildman–Crippen MR) is 94.8 cm³/mol. The van der Waals surface area contributed by atoms with Crippen LogP contribution in [0.2, 0.25) is 0 Å². The molecule has 1 heterocycles. The molecule has 1 aromatic rings. The van der Waals surface area contributed by atoms with Crippen LogP contribution in [-0.4, -0.2) is 60.4 Å². The molecule has 0 aliphatic carbocycles. The molecule has 0 unspecified atom stereocenters. The number of hydrogen-bond donors (Lipinski definition) is 1. The van der Waals surface area contributed by atoms with E-state index >= 15 is 0 Å². The molecule has 1 aliphatic rings. The third kappa shape index (κ3) is 3.78. The van der Waals surface area contributed by atoms with Crippen LogP contribution in [-0.2, 0) is 4.79 Å². The largest absolute Gasteiger partial charge is 0.493 e. The van der Waals surface area contributed by atoms with Gasteiger partial charge in [0.05, 0.1) is 26.7 Å². The highest BCUT2D eigenvalue weighted by Gasteiger charge is 2.41. The molecule has 1 aromatic carbocycles. The van der Waals surface area contributed by atoms with Crippen LogP contribution in [0.4, 0.5) is 0 Å². The summed E-state index contributed by atoms with van der Waals surface area (Å²) in [5, 5.41) is 9.32. The molecule has 0 spiro atoms. The molecule has 1 N–H and O–H groups in total. The summed E-state index contributed by atoms with van der Waals surface area (Å²) < 4.78 is 15.8. The van der Waals surface area contributed by atoms with E-state index in [1.54, 1.807) is 12.1 Å². The average Bonchev–Trinajstić information content (AvgIpc) is 3.03. The molecular weight excluding hydrogens is 346 g/mol. The van der Waals surface area contributed by atoms with Crippen molar-refractivity contribution in [3.63, 3.8) is 0 Å². The van der Waals surface area contributed by atoms with Crippen LogP contribution in [0, 0.1) is 0 Å². The van der Waals surface area contributed by atoms with E-state index in [1.165, 1.54) is 38.0 Å². The topological polar surface area (TPSA) is 85.3 Å². The number of carboxylic acids is 1. The summed E-state index contributed by atoms with van der Waals surface area (Å²) in [6.07, 6.45) is 1.60. The Balaban J connectivity index is 2.44. The van der Waals surface area contributed by atoms with Crippen molar-refractivity contribution in [2.24, 2.45) is 0 Å². The number of carboxylic acid groups (broad SMARTS) is 1. The van der Waals surface area contributed by atoms with Gasteiger partial charge in [0.1, 0.15) is 6.04 Å². The number of rotatable bonds is 7. The smallest absolute Gasteiger partial charge is 0.327 e. The minimum atomic E-state index is -0.994. The summed E-state index contributed by atoms with van der Waals surface area (Å²) in [4.78, 5) is 26.1. The summed E-state index contributed by atoms with van der Waals surface area (Å²) in [6, 6.07) is 2.26. The standard InChI is InChI=1S/C17H23NO6S/c1-5-6-14-18(11(9-25-14)17(20)21)16(19)10-7-12(22-2)15(24-4)13(8-10)23-3/h7-8,11,14H,5-6,9H2,1-4H3,(H,20,21)/t11-,14+/m0/s1. The lowest BCUT2D eigenvalue weighted by Gasteiger charge is -2.27. The zero-order chi connectivity index (χ0) is 18.6. The number of methoxy groups -OCH3 is 3. The molecule has 8 heteroatoms. The number of carbonyl (C=O) groups is 2. The van der Waals surface area contributed by atoms with Gasteiger partial charge < -0.3 is 24.2 Å². The van der Waals surface area contributed by atoms with E-state index in [0.717, 1.165) is 12.8 Å². The first-order valence-corrected chi connectivity index (χ1v) is 9.00. The first kappa shape index (κ1) is 19.2. The third-order valence-electron chi connectivity index (χ3n) is 4.06. The van der Waals surface area contributed by atoms with E-state index in [4.69, 9.17) is 14.2 Å². The number of nitrogens with zero attached hydrogens (tertiary/aromatic N) is 1. The molecule has 0 bridgehead atoms. The summed E-state index contributed by atoms with van der Waals surface area (Å²) in [5.74, 6) is 0.141. The van der Waals surface area contributed by atoms with Crippen molar-refractivity contribution in [2.75, 3.05) is 27.1 Å². The zero-order valence-corrected chi connectivity index (χ0v) is 15.6. The molecule has 2 atom stereocenters. The monoisotopic (exact) mass is 369 g/mol. The second kappa shape index (κ2) is 8.33. The van der Waals surface area contributed by atoms with Gasteiger partial charge in [0.15, 0.2) is 11.5 Å². The van der Waals surface area contributed by atoms with Crippen LogP contribution >= 0.6 is 11.8 Å². The van der Waals surface area contributed by atoms with Crippen LogP contribution in [0.1, 0.15) is 30.1 Å². The zero-order valence-electron chi connectivity index (χ0n) is 14.8. The van der Waals surface area contributed by atoms with Crippen molar-refractivity contribution in [1.29, 1.82) is 0 Å². The van der Waals surface area contributed by atoms with Crippen molar-refractivity contribution < 1.29 is 28.9 Å². The van der Waals surface area contributed by atoms with Gasteiger partial charge in [-0.3, -0.25) is 4.79 Å². The maximum Gasteiger partial charge on any atom is 0.327 e. The number of aliphatic carboxylic acids is 1. The second-order valence-corrected chi connectivity index (χ2v) is 6.77. The molecule has 0 saturated carbocycles. The molecule has 1 fully saturated rings. The highest BCUT2D eigenvalue weighted by Crippen LogP contribution is 2.40. The molecular formula is C17H23NO6S. The average molecular weight is 369 g/mol. The van der Waals surface area contributed by atoms with E-state index < -0.39 is 12.0 Å². The Morgan fingerprint density at radius 1 is 1.20 bits per heavy atom. The number of thioether (sulfide) groups is 1. The van der Waals surface area contributed by atoms with Crippen molar-refractivity contribution >= 4 is 23.6 Å². The van der Waals surface area contributed by atoms with E-state index in [1.807, 2.05) is 6.92 Å². The first-order chi connectivity index (χ1) is 12.0. The minimum absolute atomic E-state index is 0.155. The van der Waals surface area contributed by atoms with E-state index in [0.29, 0.717) is 28.6 Å². The maximum absolute atomic E-state index is 13.1. The molecule has 1 saturated heterocycles. The Labute approximate surface area is 151 Å². The van der Waals surface area contributed by atoms with Crippen LogP contribution in [0.15, 0.2) is 12.1 Å². The van der Waals surface area contributed by atoms with Gasteiger partial charge in [-0.2, -0.15) is 0 Å². The molecule has 2 rings (SSSR count). The third-order valence-corrected chi connectivity index (χ3v) is 5.42. The Kier molecular flexibility index (Phi) is 6.41. The molecule has 0 radical (unpaired) electrons. The minimum Gasteiger partial charge on any atom is -0.493 e. The van der Waals surface area contributed by atoms with E-state index in [2.05, 4.69) is 0 Å². The number of hydrogen-bond acceptors (Lipinski definition) is 6. The summed E-state index contributed by atoms with van der Waals surface area (Å²) >= 11 is 1.50. The lowest BCUT2D eigenvalue weighted by Crippen LogP contribution is -2.45. The van der Waals surface area contributed by atoms with Crippen molar-refractivity contribution in [3.8, 4) is 17.2 Å². The number of ether oxygens (including phenoxy) is 3. The molecule has 0 aromatic heterocycles. The summed E-state index contributed by atoms with van der Waals surface area (Å²) in [7, 11) is 4.42. The normalized spacial score (nSPS) is 19.6. The predicted octanol–water partition coefficient (Wildman–Crippen LogP) is 2.48. The molecule has 25 heavy (non-hydrogen) atoms. The van der Waals surface area contributed by atoms with Crippen molar-refractivity contribution in [3.05, 3.63) is 17.7 Å². The number of amides is 1. The molecule has 7 nitrogen and oxygen atoms in total. The van der Waals surface area contributed by atoms with Gasteiger partial charge in [0, 0.05) is 11.3 Å². The lowest BCUT2D eigenvalue weighted by atomic mass is 10.1. The van der Waals surface area contributed by atoms with Crippen LogP contribution in [0.5, 0.6) is 17.2 Å². The van der Waals surface area contributed by atoms with Crippen molar-refractivity contribution in [1.82, 2.24) is 4.90 Å². The Bertz CT molecular complexity index is 625. The highest BCUT2D eigenvalue weighted by atomic mass is 32.2. The fourth-order valence-corrected chi connectivity index (χ4v) is 4.36. The lowest BCUT2D eigenvalue weighted by molar-refractivity contribution is -0.141. The Hall–Kier alpha value is -2.09. The van der Waals surface area contributed by atoms with E-state index in [-0.39, 0.29) is 11.3 Å². The van der Waals surface area contributed by atoms with Crippen LogP contribution in [0.3, 0.4) is 0 Å². The first-order valence-electron chi connectivity index (χ1n) is 7.95. The van der Waals surface area contributed by atoms with Gasteiger partial charge in [-0.25, -0.2) is 4.79 Å². The fourth-order valence-electron chi connectivity index (χ4n) is 2.85. The van der Waals surface area contributed by atoms with Gasteiger partial charge in [0.25, 0.3) is 5.91 Å². The summed E-state index contributed by atoms with van der Waals surface area (Å²) in [5.41, 5.74) is 0.310. The Morgan fingerprint density at radius 2 is 1.80 bits per heavy atom.